The number of anilines is 2. The van der Waals surface area contributed by atoms with E-state index >= 15 is 0 Å². The van der Waals surface area contributed by atoms with Gasteiger partial charge < -0.3 is 14.5 Å². The van der Waals surface area contributed by atoms with E-state index in [9.17, 15) is 4.79 Å². The Morgan fingerprint density at radius 2 is 1.34 bits per heavy atom. The van der Waals surface area contributed by atoms with Crippen LogP contribution in [-0.4, -0.2) is 46.2 Å². The lowest BCUT2D eigenvalue weighted by molar-refractivity contribution is 0.0232. The van der Waals surface area contributed by atoms with Crippen LogP contribution in [0.1, 0.15) is 34.0 Å². The lowest BCUT2D eigenvalue weighted by atomic mass is 9.79. The Hall–Kier alpha value is -2.92. The third kappa shape index (κ3) is 2.61. The molecule has 2 heterocycles. The van der Waals surface area contributed by atoms with Crippen LogP contribution < -0.4 is 9.80 Å². The van der Waals surface area contributed by atoms with Crippen LogP contribution in [0.25, 0.3) is 0 Å². The van der Waals surface area contributed by atoms with E-state index in [0.717, 1.165) is 33.8 Å². The number of rotatable bonds is 3. The van der Waals surface area contributed by atoms with Gasteiger partial charge >= 0.3 is 5.97 Å². The molecule has 0 bridgehead atoms. The van der Waals surface area contributed by atoms with Crippen molar-refractivity contribution < 1.29 is 9.53 Å². The molecule has 0 unspecified atom stereocenters. The molecule has 3 aromatic rings. The van der Waals surface area contributed by atoms with Crippen molar-refractivity contribution in [3.8, 4) is 0 Å². The highest BCUT2D eigenvalue weighted by Gasteiger charge is 2.55. The van der Waals surface area contributed by atoms with Gasteiger partial charge in [-0.05, 0) is 42.3 Å². The largest absolute Gasteiger partial charge is 0.440 e. The first-order chi connectivity index (χ1) is 15.2. The molecular formula is C27H30N2O2S. The highest BCUT2D eigenvalue weighted by molar-refractivity contribution is 8.33. The molecule has 0 fully saturated rings. The van der Waals surface area contributed by atoms with E-state index in [2.05, 4.69) is 93.6 Å². The minimum atomic E-state index is -1.34. The Balaban J connectivity index is 1.93. The van der Waals surface area contributed by atoms with Gasteiger partial charge in [-0.2, -0.15) is 10.0 Å². The maximum atomic E-state index is 13.1. The number of fused-ring (bicyclic) bond motifs is 6. The van der Waals surface area contributed by atoms with Crippen molar-refractivity contribution in [3.63, 3.8) is 0 Å². The van der Waals surface area contributed by atoms with Crippen LogP contribution in [0.5, 0.6) is 0 Å². The minimum absolute atomic E-state index is 0.249. The van der Waals surface area contributed by atoms with Gasteiger partial charge in [0, 0.05) is 66.0 Å². The van der Waals surface area contributed by atoms with Gasteiger partial charge in [0.1, 0.15) is 0 Å². The fraction of sp³-hybridized carbons (Fsp3) is 0.296. The highest BCUT2D eigenvalue weighted by Crippen LogP contribution is 2.70. The summed E-state index contributed by atoms with van der Waals surface area (Å²) < 4.78 is 6.40. The van der Waals surface area contributed by atoms with Crippen LogP contribution in [-0.2, 0) is 10.3 Å². The summed E-state index contributed by atoms with van der Waals surface area (Å²) in [7, 11) is 6.95. The normalized spacial score (nSPS) is 24.8. The zero-order valence-electron chi connectivity index (χ0n) is 19.6. The fourth-order valence-electron chi connectivity index (χ4n) is 5.10. The molecule has 0 radical (unpaired) electrons. The Kier molecular flexibility index (Phi) is 4.61. The summed E-state index contributed by atoms with van der Waals surface area (Å²) in [6.07, 6.45) is 2.40. The van der Waals surface area contributed by atoms with Crippen LogP contribution in [0.15, 0.2) is 70.5 Å². The molecule has 0 saturated carbocycles. The summed E-state index contributed by atoms with van der Waals surface area (Å²) in [4.78, 5) is 20.0. The van der Waals surface area contributed by atoms with E-state index in [1.165, 1.54) is 9.79 Å². The number of hydrogen-bond donors (Lipinski definition) is 0. The zero-order valence-corrected chi connectivity index (χ0v) is 20.4. The number of carbonyl (C=O) groups is 1. The number of esters is 1. The van der Waals surface area contributed by atoms with Gasteiger partial charge in [0.2, 0.25) is 0 Å². The predicted octanol–water partition coefficient (Wildman–Crippen LogP) is 5.47. The number of ether oxygens (including phenoxy) is 1. The maximum Gasteiger partial charge on any atom is 0.340 e. The Morgan fingerprint density at radius 1 is 0.812 bits per heavy atom. The fourth-order valence-corrected chi connectivity index (χ4v) is 8.11. The molecule has 5 heteroatoms. The summed E-state index contributed by atoms with van der Waals surface area (Å²) in [5.41, 5.74) is 5.23. The van der Waals surface area contributed by atoms with E-state index in [1.807, 2.05) is 18.2 Å². The summed E-state index contributed by atoms with van der Waals surface area (Å²) in [5.74, 6) is 0.771. The van der Waals surface area contributed by atoms with Crippen molar-refractivity contribution in [1.29, 1.82) is 0 Å². The molecule has 32 heavy (non-hydrogen) atoms. The van der Waals surface area contributed by atoms with E-state index in [0.29, 0.717) is 5.56 Å². The van der Waals surface area contributed by atoms with Crippen LogP contribution in [0.2, 0.25) is 0 Å². The predicted molar refractivity (Wildman–Crippen MR) is 134 cm³/mol. The summed E-state index contributed by atoms with van der Waals surface area (Å²) in [6, 6.07) is 21.1. The number of hydrogen-bond acceptors (Lipinski definition) is 4. The van der Waals surface area contributed by atoms with Gasteiger partial charge in [0.05, 0.1) is 5.56 Å². The highest BCUT2D eigenvalue weighted by atomic mass is 32.3. The first-order valence-corrected chi connectivity index (χ1v) is 13.2. The van der Waals surface area contributed by atoms with Crippen molar-refractivity contribution in [1.82, 2.24) is 0 Å². The molecule has 2 aliphatic rings. The molecule has 166 valence electrons. The standard InChI is InChI=1S/C27H30N2O2S/c1-7-32(6)24-16-18(28(2)3)12-14-22(24)27(21-11-9-8-10-20(21)26(30)31-27)23-15-13-19(29(4)5)17-25(23)32/h8-17H,7H2,1-6H3. The SMILES string of the molecule is CCS1(C)c2cc(N(C)C)ccc2C2(OC(=O)c3ccccc32)c2ccc(N(C)C)cc21. The van der Waals surface area contributed by atoms with E-state index in [1.54, 1.807) is 0 Å². The van der Waals surface area contributed by atoms with Gasteiger partial charge in [-0.1, -0.05) is 37.3 Å². The Morgan fingerprint density at radius 3 is 1.84 bits per heavy atom. The molecular weight excluding hydrogens is 416 g/mol. The second-order valence-corrected chi connectivity index (χ2v) is 12.8. The summed E-state index contributed by atoms with van der Waals surface area (Å²) in [5, 5.41) is 0. The average Bonchev–Trinajstić information content (AvgIpc) is 3.10. The molecule has 0 aromatic heterocycles. The van der Waals surface area contributed by atoms with Crippen molar-refractivity contribution >= 4 is 27.4 Å². The zero-order chi connectivity index (χ0) is 22.8. The summed E-state index contributed by atoms with van der Waals surface area (Å²) >= 11 is 0. The maximum absolute atomic E-state index is 13.1. The van der Waals surface area contributed by atoms with E-state index < -0.39 is 15.6 Å². The van der Waals surface area contributed by atoms with Gasteiger partial charge in [-0.3, -0.25) is 0 Å². The Bertz CT molecular complexity index is 1190. The molecule has 1 spiro atoms. The monoisotopic (exact) mass is 446 g/mol. The van der Waals surface area contributed by atoms with E-state index in [-0.39, 0.29) is 5.97 Å². The first-order valence-electron chi connectivity index (χ1n) is 11.0. The molecule has 0 aliphatic carbocycles. The van der Waals surface area contributed by atoms with E-state index in [4.69, 9.17) is 4.74 Å². The molecule has 0 N–H and O–H groups in total. The van der Waals surface area contributed by atoms with Crippen molar-refractivity contribution in [2.75, 3.05) is 50.0 Å². The second-order valence-electron chi connectivity index (χ2n) is 9.14. The van der Waals surface area contributed by atoms with Gasteiger partial charge in [0.25, 0.3) is 0 Å². The Labute approximate surface area is 192 Å². The first kappa shape index (κ1) is 21.0. The molecule has 4 nitrogen and oxygen atoms in total. The molecule has 0 saturated heterocycles. The number of benzene rings is 3. The molecule has 2 aliphatic heterocycles. The lowest BCUT2D eigenvalue weighted by Crippen LogP contribution is -2.36. The number of carbonyl (C=O) groups excluding carboxylic acids is 1. The van der Waals surface area contributed by atoms with Gasteiger partial charge in [-0.25, -0.2) is 4.79 Å². The minimum Gasteiger partial charge on any atom is -0.440 e. The average molecular weight is 447 g/mol. The second kappa shape index (κ2) is 7.04. The van der Waals surface area contributed by atoms with Crippen LogP contribution in [0, 0.1) is 0 Å². The third-order valence-corrected chi connectivity index (χ3v) is 10.8. The molecule has 3 aromatic carbocycles. The van der Waals surface area contributed by atoms with Crippen LogP contribution in [0.3, 0.4) is 0 Å². The van der Waals surface area contributed by atoms with Crippen molar-refractivity contribution in [2.45, 2.75) is 22.3 Å². The topological polar surface area (TPSA) is 32.8 Å². The lowest BCUT2D eigenvalue weighted by Gasteiger charge is -2.49. The third-order valence-electron chi connectivity index (χ3n) is 7.04. The van der Waals surface area contributed by atoms with Crippen molar-refractivity contribution in [2.24, 2.45) is 0 Å². The van der Waals surface area contributed by atoms with Gasteiger partial charge in [-0.15, -0.1) is 0 Å². The summed E-state index contributed by atoms with van der Waals surface area (Å²) in [6.45, 7) is 2.28. The smallest absolute Gasteiger partial charge is 0.340 e. The quantitative estimate of drug-likeness (QED) is 0.500. The molecule has 0 amide bonds. The van der Waals surface area contributed by atoms with Crippen LogP contribution in [0.4, 0.5) is 11.4 Å². The number of nitrogens with zero attached hydrogens (tertiary/aromatic N) is 2. The van der Waals surface area contributed by atoms with Gasteiger partial charge in [0.15, 0.2) is 5.60 Å². The van der Waals surface area contributed by atoms with Crippen molar-refractivity contribution in [3.05, 3.63) is 82.9 Å². The van der Waals surface area contributed by atoms with Crippen LogP contribution >= 0.6 is 10.0 Å². The molecule has 0 atom stereocenters. The molecule has 5 rings (SSSR count).